The van der Waals surface area contributed by atoms with Gasteiger partial charge in [-0.25, -0.2) is 28.1 Å². The molecule has 0 aliphatic rings. The molecular weight excluding hydrogens is 294 g/mol. The SMILES string of the molecule is C=CCn1c(=O)n(CC=C)c(=O)n(Cc2ccccc2C)c1=O. The Morgan fingerprint density at radius 1 is 0.870 bits per heavy atom. The van der Waals surface area contributed by atoms with Crippen LogP contribution in [-0.4, -0.2) is 13.7 Å². The summed E-state index contributed by atoms with van der Waals surface area (Å²) in [6, 6.07) is 7.48. The highest BCUT2D eigenvalue weighted by Gasteiger charge is 2.14. The first-order valence-corrected chi connectivity index (χ1v) is 7.22. The summed E-state index contributed by atoms with van der Waals surface area (Å²) in [6.45, 7) is 9.20. The van der Waals surface area contributed by atoms with E-state index in [-0.39, 0.29) is 19.6 Å². The van der Waals surface area contributed by atoms with Crippen LogP contribution in [0.15, 0.2) is 64.0 Å². The molecule has 6 nitrogen and oxygen atoms in total. The third kappa shape index (κ3) is 3.15. The Morgan fingerprint density at radius 3 is 1.83 bits per heavy atom. The van der Waals surface area contributed by atoms with Crippen LogP contribution in [0.1, 0.15) is 11.1 Å². The molecule has 0 atom stereocenters. The number of aromatic nitrogens is 3. The first-order valence-electron chi connectivity index (χ1n) is 7.22. The molecule has 120 valence electrons. The van der Waals surface area contributed by atoms with Gasteiger partial charge >= 0.3 is 17.1 Å². The van der Waals surface area contributed by atoms with E-state index in [9.17, 15) is 14.4 Å². The fraction of sp³-hybridized carbons (Fsp3) is 0.235. The Hall–Kier alpha value is -2.89. The maximum Gasteiger partial charge on any atom is 0.336 e. The molecule has 6 heteroatoms. The van der Waals surface area contributed by atoms with Gasteiger partial charge in [-0.1, -0.05) is 36.4 Å². The van der Waals surface area contributed by atoms with E-state index in [0.29, 0.717) is 0 Å². The number of hydrogen-bond acceptors (Lipinski definition) is 3. The minimum Gasteiger partial charge on any atom is -0.247 e. The van der Waals surface area contributed by atoms with Gasteiger partial charge in [-0.15, -0.1) is 13.2 Å². The molecule has 0 radical (unpaired) electrons. The molecule has 0 bridgehead atoms. The molecule has 0 saturated heterocycles. The molecule has 0 aliphatic carbocycles. The Bertz CT molecular complexity index is 868. The maximum atomic E-state index is 12.5. The summed E-state index contributed by atoms with van der Waals surface area (Å²) in [6.07, 6.45) is 2.90. The molecule has 0 aliphatic heterocycles. The van der Waals surface area contributed by atoms with Crippen LogP contribution in [-0.2, 0) is 19.6 Å². The Labute approximate surface area is 133 Å². The summed E-state index contributed by atoms with van der Waals surface area (Å²) < 4.78 is 3.06. The van der Waals surface area contributed by atoms with Crippen molar-refractivity contribution in [1.29, 1.82) is 0 Å². The molecule has 2 rings (SSSR count). The van der Waals surface area contributed by atoms with Crippen LogP contribution >= 0.6 is 0 Å². The molecule has 1 aromatic heterocycles. The number of aryl methyl sites for hydroxylation is 1. The summed E-state index contributed by atoms with van der Waals surface area (Å²) in [5.41, 5.74) is -0.107. The monoisotopic (exact) mass is 313 g/mol. The van der Waals surface area contributed by atoms with E-state index in [0.717, 1.165) is 24.8 Å². The number of rotatable bonds is 6. The number of hydrogen-bond donors (Lipinski definition) is 0. The molecule has 2 aromatic rings. The van der Waals surface area contributed by atoms with E-state index in [1.165, 1.54) is 12.2 Å². The summed E-state index contributed by atoms with van der Waals surface area (Å²) in [5.74, 6) is 0. The first-order chi connectivity index (χ1) is 11.0. The molecule has 0 N–H and O–H groups in total. The summed E-state index contributed by atoms with van der Waals surface area (Å²) in [7, 11) is 0. The molecule has 1 heterocycles. The normalized spacial score (nSPS) is 10.5. The molecule has 0 spiro atoms. The van der Waals surface area contributed by atoms with Gasteiger partial charge in [0, 0.05) is 0 Å². The Morgan fingerprint density at radius 2 is 1.35 bits per heavy atom. The van der Waals surface area contributed by atoms with Gasteiger partial charge in [0.05, 0.1) is 19.6 Å². The summed E-state index contributed by atoms with van der Waals surface area (Å²) >= 11 is 0. The van der Waals surface area contributed by atoms with E-state index in [1.54, 1.807) is 0 Å². The van der Waals surface area contributed by atoms with Crippen molar-refractivity contribution in [3.8, 4) is 0 Å². The molecule has 0 fully saturated rings. The second-order valence-corrected chi connectivity index (χ2v) is 5.16. The lowest BCUT2D eigenvalue weighted by molar-refractivity contribution is 0.498. The van der Waals surface area contributed by atoms with Crippen LogP contribution < -0.4 is 17.1 Å². The van der Waals surface area contributed by atoms with Gasteiger partial charge in [-0.05, 0) is 18.1 Å². The number of nitrogens with zero attached hydrogens (tertiary/aromatic N) is 3. The van der Waals surface area contributed by atoms with Gasteiger partial charge in [0.15, 0.2) is 0 Å². The molecule has 23 heavy (non-hydrogen) atoms. The largest absolute Gasteiger partial charge is 0.336 e. The van der Waals surface area contributed by atoms with E-state index in [1.807, 2.05) is 31.2 Å². The molecular formula is C17H19N3O3. The van der Waals surface area contributed by atoms with Crippen molar-refractivity contribution in [1.82, 2.24) is 13.7 Å². The number of allylic oxidation sites excluding steroid dienone is 2. The van der Waals surface area contributed by atoms with E-state index < -0.39 is 17.1 Å². The zero-order valence-electron chi connectivity index (χ0n) is 13.1. The average molecular weight is 313 g/mol. The fourth-order valence-corrected chi connectivity index (χ4v) is 2.35. The fourth-order valence-electron chi connectivity index (χ4n) is 2.35. The van der Waals surface area contributed by atoms with Gasteiger partial charge in [0.1, 0.15) is 0 Å². The van der Waals surface area contributed by atoms with Crippen LogP contribution in [0.25, 0.3) is 0 Å². The standard InChI is InChI=1S/C17H19N3O3/c1-4-10-18-15(21)19(11-5-2)17(23)20(16(18)22)12-14-9-7-6-8-13(14)3/h4-9H,1-2,10-12H2,3H3. The van der Waals surface area contributed by atoms with Crippen LogP contribution in [0.3, 0.4) is 0 Å². The van der Waals surface area contributed by atoms with Gasteiger partial charge in [-0.2, -0.15) is 0 Å². The van der Waals surface area contributed by atoms with Crippen LogP contribution in [0.4, 0.5) is 0 Å². The van der Waals surface area contributed by atoms with Crippen molar-refractivity contribution >= 4 is 0 Å². The van der Waals surface area contributed by atoms with Crippen molar-refractivity contribution < 1.29 is 0 Å². The first kappa shape index (κ1) is 16.5. The van der Waals surface area contributed by atoms with E-state index in [2.05, 4.69) is 13.2 Å². The molecule has 0 saturated carbocycles. The van der Waals surface area contributed by atoms with Crippen LogP contribution in [0.5, 0.6) is 0 Å². The highest BCUT2D eigenvalue weighted by atomic mass is 16.2. The predicted molar refractivity (Wildman–Crippen MR) is 89.9 cm³/mol. The van der Waals surface area contributed by atoms with Crippen LogP contribution in [0.2, 0.25) is 0 Å². The van der Waals surface area contributed by atoms with Gasteiger partial charge < -0.3 is 0 Å². The lowest BCUT2D eigenvalue weighted by Gasteiger charge is -2.13. The van der Waals surface area contributed by atoms with Crippen LogP contribution in [0, 0.1) is 6.92 Å². The second-order valence-electron chi connectivity index (χ2n) is 5.16. The van der Waals surface area contributed by atoms with Gasteiger partial charge in [-0.3, -0.25) is 0 Å². The van der Waals surface area contributed by atoms with Crippen molar-refractivity contribution in [2.45, 2.75) is 26.6 Å². The highest BCUT2D eigenvalue weighted by molar-refractivity contribution is 5.25. The smallest absolute Gasteiger partial charge is 0.247 e. The molecule has 0 amide bonds. The van der Waals surface area contributed by atoms with Gasteiger partial charge in [0.25, 0.3) is 0 Å². The topological polar surface area (TPSA) is 66.0 Å². The van der Waals surface area contributed by atoms with Gasteiger partial charge in [0.2, 0.25) is 0 Å². The summed E-state index contributed by atoms with van der Waals surface area (Å²) in [5, 5.41) is 0. The van der Waals surface area contributed by atoms with Crippen molar-refractivity contribution in [3.63, 3.8) is 0 Å². The van der Waals surface area contributed by atoms with E-state index in [4.69, 9.17) is 0 Å². The molecule has 0 unspecified atom stereocenters. The van der Waals surface area contributed by atoms with Crippen molar-refractivity contribution in [2.24, 2.45) is 0 Å². The Balaban J connectivity index is 2.72. The maximum absolute atomic E-state index is 12.5. The highest BCUT2D eigenvalue weighted by Crippen LogP contribution is 2.06. The third-order valence-corrected chi connectivity index (χ3v) is 3.60. The minimum absolute atomic E-state index is 0.0445. The zero-order chi connectivity index (χ0) is 17.0. The third-order valence-electron chi connectivity index (χ3n) is 3.60. The second kappa shape index (κ2) is 6.91. The average Bonchev–Trinajstić information content (AvgIpc) is 2.54. The summed E-state index contributed by atoms with van der Waals surface area (Å²) in [4.78, 5) is 37.3. The lowest BCUT2D eigenvalue weighted by Crippen LogP contribution is -2.54. The van der Waals surface area contributed by atoms with Crippen molar-refractivity contribution in [3.05, 3.63) is 92.2 Å². The van der Waals surface area contributed by atoms with E-state index >= 15 is 0 Å². The quantitative estimate of drug-likeness (QED) is 0.744. The lowest BCUT2D eigenvalue weighted by atomic mass is 10.1. The Kier molecular flexibility index (Phi) is 4.95. The minimum atomic E-state index is -0.652. The van der Waals surface area contributed by atoms with Crippen molar-refractivity contribution in [2.75, 3.05) is 0 Å². The predicted octanol–water partition coefficient (Wildman–Crippen LogP) is 0.900. The number of benzene rings is 1. The zero-order valence-corrected chi connectivity index (χ0v) is 13.1. The molecule has 1 aromatic carbocycles.